The van der Waals surface area contributed by atoms with Crippen molar-refractivity contribution in [3.63, 3.8) is 0 Å². The van der Waals surface area contributed by atoms with Crippen LogP contribution in [0.4, 0.5) is 4.79 Å². The van der Waals surface area contributed by atoms with Crippen LogP contribution in [-0.2, 0) is 29.0 Å². The number of hydrogen-bond acceptors (Lipinski definition) is 6. The smallest absolute Gasteiger partial charge is 0.410 e. The Morgan fingerprint density at radius 3 is 2.69 bits per heavy atom. The molecule has 1 atom stereocenters. The molecule has 1 fully saturated rings. The van der Waals surface area contributed by atoms with Crippen molar-refractivity contribution < 1.29 is 23.5 Å². The summed E-state index contributed by atoms with van der Waals surface area (Å²) in [6.07, 6.45) is 3.19. The van der Waals surface area contributed by atoms with E-state index in [9.17, 15) is 14.4 Å². The molecule has 0 bridgehead atoms. The average molecular weight is 433 g/mol. The van der Waals surface area contributed by atoms with Gasteiger partial charge in [0.1, 0.15) is 24.0 Å². The van der Waals surface area contributed by atoms with Gasteiger partial charge in [-0.15, -0.1) is 0 Å². The Balaban J connectivity index is 1.28. The Bertz CT molecular complexity index is 1230. The molecule has 0 N–H and O–H groups in total. The van der Waals surface area contributed by atoms with E-state index < -0.39 is 18.1 Å². The highest BCUT2D eigenvalue weighted by Crippen LogP contribution is 2.30. The largest absolute Gasteiger partial charge is 0.445 e. The van der Waals surface area contributed by atoms with Gasteiger partial charge in [-0.05, 0) is 55.4 Å². The van der Waals surface area contributed by atoms with Gasteiger partial charge in [-0.25, -0.2) is 14.4 Å². The number of fused-ring (bicyclic) bond motifs is 3. The molecule has 3 aromatic rings. The molecule has 5 rings (SSSR count). The number of hydrogen-bond donors (Lipinski definition) is 0. The van der Waals surface area contributed by atoms with Gasteiger partial charge in [0, 0.05) is 23.6 Å². The van der Waals surface area contributed by atoms with E-state index >= 15 is 0 Å². The van der Waals surface area contributed by atoms with Crippen LogP contribution < -0.4 is 10.4 Å². The lowest BCUT2D eigenvalue weighted by Crippen LogP contribution is -2.42. The number of rotatable bonds is 4. The normalized spacial score (nSPS) is 17.4. The summed E-state index contributed by atoms with van der Waals surface area (Å²) in [6, 6.07) is 13.8. The fourth-order valence-electron chi connectivity index (χ4n) is 4.54. The number of aryl methyl sites for hydroxylation is 1. The van der Waals surface area contributed by atoms with E-state index in [4.69, 9.17) is 13.9 Å². The Hall–Kier alpha value is -3.61. The van der Waals surface area contributed by atoms with Crippen molar-refractivity contribution in [3.8, 4) is 5.75 Å². The maximum atomic E-state index is 12.8. The minimum absolute atomic E-state index is 0.145. The molecule has 1 saturated heterocycles. The summed E-state index contributed by atoms with van der Waals surface area (Å²) in [7, 11) is 0. The van der Waals surface area contributed by atoms with E-state index in [2.05, 4.69) is 0 Å². The van der Waals surface area contributed by atoms with Crippen LogP contribution >= 0.6 is 0 Å². The summed E-state index contributed by atoms with van der Waals surface area (Å²) in [5.41, 5.74) is 2.74. The molecule has 1 aromatic heterocycles. The van der Waals surface area contributed by atoms with Gasteiger partial charge >= 0.3 is 17.7 Å². The van der Waals surface area contributed by atoms with Gasteiger partial charge in [0.25, 0.3) is 0 Å². The first kappa shape index (κ1) is 20.3. The number of carbonyl (C=O) groups is 2. The van der Waals surface area contributed by atoms with Gasteiger partial charge in [0.2, 0.25) is 0 Å². The fourth-order valence-corrected chi connectivity index (χ4v) is 4.54. The number of amides is 1. The van der Waals surface area contributed by atoms with Gasteiger partial charge in [0.15, 0.2) is 0 Å². The SMILES string of the molecule is O=C(Oc1ccc2c3c(c(=O)oc2c1)CCC3)C1CCCN1C(=O)OCc1ccccc1. The fraction of sp³-hybridized carbons (Fsp3) is 0.320. The summed E-state index contributed by atoms with van der Waals surface area (Å²) < 4.78 is 16.4. The van der Waals surface area contributed by atoms with Gasteiger partial charge in [0.05, 0.1) is 0 Å². The lowest BCUT2D eigenvalue weighted by Gasteiger charge is -2.22. The summed E-state index contributed by atoms with van der Waals surface area (Å²) in [4.78, 5) is 39.0. The van der Waals surface area contributed by atoms with E-state index in [1.807, 2.05) is 36.4 Å². The zero-order valence-electron chi connectivity index (χ0n) is 17.5. The molecule has 1 aliphatic carbocycles. The van der Waals surface area contributed by atoms with Crippen molar-refractivity contribution in [3.05, 3.63) is 75.6 Å². The molecule has 1 amide bonds. The molecule has 7 heteroatoms. The number of benzene rings is 2. The molecule has 0 spiro atoms. The van der Waals surface area contributed by atoms with E-state index in [1.165, 1.54) is 4.90 Å². The van der Waals surface area contributed by atoms with Crippen LogP contribution in [0.2, 0.25) is 0 Å². The van der Waals surface area contributed by atoms with Crippen LogP contribution in [0.3, 0.4) is 0 Å². The quantitative estimate of drug-likeness (QED) is 0.351. The Morgan fingerprint density at radius 2 is 1.84 bits per heavy atom. The molecular weight excluding hydrogens is 410 g/mol. The number of likely N-dealkylation sites (tertiary alicyclic amines) is 1. The molecule has 164 valence electrons. The number of carbonyl (C=O) groups excluding carboxylic acids is 2. The molecule has 1 aliphatic heterocycles. The summed E-state index contributed by atoms with van der Waals surface area (Å²) in [6.45, 7) is 0.581. The number of esters is 1. The van der Waals surface area contributed by atoms with E-state index in [-0.39, 0.29) is 18.0 Å². The standard InChI is InChI=1S/C25H23NO6/c27-23-20-9-4-8-18(20)19-12-11-17(14-22(19)32-23)31-24(28)21-10-5-13-26(21)25(29)30-15-16-6-2-1-3-7-16/h1-3,6-7,11-12,14,21H,4-5,8-10,13,15H2. The number of ether oxygens (including phenoxy) is 2. The minimum Gasteiger partial charge on any atom is -0.445 e. The van der Waals surface area contributed by atoms with Crippen molar-refractivity contribution >= 4 is 23.0 Å². The zero-order chi connectivity index (χ0) is 22.1. The molecule has 32 heavy (non-hydrogen) atoms. The van der Waals surface area contributed by atoms with Crippen molar-refractivity contribution in [1.82, 2.24) is 4.90 Å². The van der Waals surface area contributed by atoms with Crippen LogP contribution in [0, 0.1) is 0 Å². The lowest BCUT2D eigenvalue weighted by atomic mass is 10.1. The molecule has 0 saturated carbocycles. The van der Waals surface area contributed by atoms with Crippen molar-refractivity contribution in [2.45, 2.75) is 44.8 Å². The van der Waals surface area contributed by atoms with Gasteiger partial charge < -0.3 is 13.9 Å². The van der Waals surface area contributed by atoms with E-state index in [0.29, 0.717) is 25.0 Å². The highest BCUT2D eigenvalue weighted by molar-refractivity contribution is 5.86. The Labute approximate surface area is 184 Å². The average Bonchev–Trinajstić information content (AvgIpc) is 3.48. The van der Waals surface area contributed by atoms with Gasteiger partial charge in [-0.1, -0.05) is 30.3 Å². The molecule has 2 aromatic carbocycles. The molecule has 2 heterocycles. The van der Waals surface area contributed by atoms with E-state index in [1.54, 1.807) is 12.1 Å². The van der Waals surface area contributed by atoms with Crippen molar-refractivity contribution in [2.75, 3.05) is 6.54 Å². The van der Waals surface area contributed by atoms with Crippen LogP contribution in [0.25, 0.3) is 11.0 Å². The third kappa shape index (κ3) is 3.86. The lowest BCUT2D eigenvalue weighted by molar-refractivity contribution is -0.139. The highest BCUT2D eigenvalue weighted by Gasteiger charge is 2.36. The summed E-state index contributed by atoms with van der Waals surface area (Å²) in [5.74, 6) is -0.241. The predicted molar refractivity (Wildman–Crippen MR) is 116 cm³/mol. The third-order valence-electron chi connectivity index (χ3n) is 6.13. The predicted octanol–water partition coefficient (Wildman–Crippen LogP) is 3.99. The van der Waals surface area contributed by atoms with Crippen LogP contribution in [0.5, 0.6) is 5.75 Å². The molecule has 7 nitrogen and oxygen atoms in total. The van der Waals surface area contributed by atoms with E-state index in [0.717, 1.165) is 41.3 Å². The highest BCUT2D eigenvalue weighted by atomic mass is 16.6. The topological polar surface area (TPSA) is 86.1 Å². The summed E-state index contributed by atoms with van der Waals surface area (Å²) in [5, 5.41) is 0.879. The zero-order valence-corrected chi connectivity index (χ0v) is 17.5. The minimum atomic E-state index is -0.707. The maximum Gasteiger partial charge on any atom is 0.410 e. The van der Waals surface area contributed by atoms with Crippen LogP contribution in [0.1, 0.15) is 36.0 Å². The second kappa shape index (κ2) is 8.49. The monoisotopic (exact) mass is 433 g/mol. The first-order valence-electron chi connectivity index (χ1n) is 10.9. The summed E-state index contributed by atoms with van der Waals surface area (Å²) >= 11 is 0. The molecule has 0 radical (unpaired) electrons. The molecular formula is C25H23NO6. The van der Waals surface area contributed by atoms with Crippen LogP contribution in [-0.4, -0.2) is 29.5 Å². The second-order valence-electron chi connectivity index (χ2n) is 8.17. The van der Waals surface area contributed by atoms with Crippen molar-refractivity contribution in [1.29, 1.82) is 0 Å². The Kier molecular flexibility index (Phi) is 5.39. The first-order chi connectivity index (χ1) is 15.6. The molecule has 1 unspecified atom stereocenters. The van der Waals surface area contributed by atoms with Gasteiger partial charge in [-0.3, -0.25) is 4.90 Å². The maximum absolute atomic E-state index is 12.8. The third-order valence-corrected chi connectivity index (χ3v) is 6.13. The first-order valence-corrected chi connectivity index (χ1v) is 10.9. The number of nitrogens with zero attached hydrogens (tertiary/aromatic N) is 1. The second-order valence-corrected chi connectivity index (χ2v) is 8.17. The van der Waals surface area contributed by atoms with Gasteiger partial charge in [-0.2, -0.15) is 0 Å². The molecule has 2 aliphatic rings. The van der Waals surface area contributed by atoms with Crippen LogP contribution in [0.15, 0.2) is 57.7 Å². The van der Waals surface area contributed by atoms with Crippen molar-refractivity contribution in [2.24, 2.45) is 0 Å². The Morgan fingerprint density at radius 1 is 1.03 bits per heavy atom.